The maximum atomic E-state index is 10.5. The molecule has 0 radical (unpaired) electrons. The van der Waals surface area contributed by atoms with Gasteiger partial charge in [0.15, 0.2) is 0 Å². The number of nitrogens with zero attached hydrogens (tertiary/aromatic N) is 2. The first kappa shape index (κ1) is 17.7. The van der Waals surface area contributed by atoms with Gasteiger partial charge in [0.2, 0.25) is 0 Å². The van der Waals surface area contributed by atoms with Gasteiger partial charge in [-0.05, 0) is 23.6 Å². The van der Waals surface area contributed by atoms with E-state index < -0.39 is 0 Å². The van der Waals surface area contributed by atoms with Crippen LogP contribution < -0.4 is 4.90 Å². The Morgan fingerprint density at radius 1 is 1.20 bits per heavy atom. The molecule has 0 saturated heterocycles. The summed E-state index contributed by atoms with van der Waals surface area (Å²) in [4.78, 5) is 6.49. The number of nitrogens with one attached hydrogen (secondary N) is 1. The Hall–Kier alpha value is -2.14. The molecular formula is C20H25N3OS. The topological polar surface area (TPSA) is 60.2 Å². The van der Waals surface area contributed by atoms with Crippen LogP contribution in [0.3, 0.4) is 0 Å². The van der Waals surface area contributed by atoms with Crippen LogP contribution in [0.1, 0.15) is 56.8 Å². The fourth-order valence-corrected chi connectivity index (χ4v) is 3.91. The van der Waals surface area contributed by atoms with E-state index in [-0.39, 0.29) is 11.2 Å². The molecule has 0 bridgehead atoms. The standard InChI is InChI=1S/C20H25N3OS/c1-12(2)13-6-8-14(9-7-13)23-10-15(24)17(18(23)21)19-22-16(11-25-19)20(3,4)5/h6-9,11-12,21,24H,10H2,1-5H3. The predicted octanol–water partition coefficient (Wildman–Crippen LogP) is 5.33. The van der Waals surface area contributed by atoms with Gasteiger partial charge in [-0.3, -0.25) is 5.41 Å². The van der Waals surface area contributed by atoms with Crippen molar-refractivity contribution in [3.05, 3.63) is 51.7 Å². The molecule has 4 nitrogen and oxygen atoms in total. The zero-order valence-electron chi connectivity index (χ0n) is 15.4. The number of aromatic nitrogens is 1. The lowest BCUT2D eigenvalue weighted by molar-refractivity contribution is 0.411. The average molecular weight is 356 g/mol. The number of aliphatic hydroxyl groups is 1. The second kappa shape index (κ2) is 6.30. The summed E-state index contributed by atoms with van der Waals surface area (Å²) in [7, 11) is 0. The Kier molecular flexibility index (Phi) is 4.45. The number of anilines is 1. The van der Waals surface area contributed by atoms with E-state index in [4.69, 9.17) is 5.41 Å². The molecule has 2 N–H and O–H groups in total. The molecular weight excluding hydrogens is 330 g/mol. The average Bonchev–Trinajstić information content (AvgIpc) is 3.12. The van der Waals surface area contributed by atoms with Gasteiger partial charge < -0.3 is 10.0 Å². The summed E-state index contributed by atoms with van der Waals surface area (Å²) >= 11 is 1.49. The Morgan fingerprint density at radius 2 is 1.84 bits per heavy atom. The monoisotopic (exact) mass is 355 g/mol. The third-order valence-electron chi connectivity index (χ3n) is 4.46. The highest BCUT2D eigenvalue weighted by Crippen LogP contribution is 2.34. The third-order valence-corrected chi connectivity index (χ3v) is 5.32. The summed E-state index contributed by atoms with van der Waals surface area (Å²) in [5, 5.41) is 21.7. The van der Waals surface area contributed by atoms with E-state index in [9.17, 15) is 5.11 Å². The lowest BCUT2D eigenvalue weighted by Crippen LogP contribution is -2.26. The molecule has 0 spiro atoms. The molecule has 2 heterocycles. The minimum Gasteiger partial charge on any atom is -0.510 e. The van der Waals surface area contributed by atoms with Crippen LogP contribution in [0.25, 0.3) is 5.57 Å². The summed E-state index contributed by atoms with van der Waals surface area (Å²) in [6, 6.07) is 8.21. The first-order valence-corrected chi connectivity index (χ1v) is 9.41. The number of hydrogen-bond donors (Lipinski definition) is 2. The highest BCUT2D eigenvalue weighted by atomic mass is 32.1. The van der Waals surface area contributed by atoms with E-state index in [1.807, 2.05) is 22.4 Å². The molecule has 25 heavy (non-hydrogen) atoms. The second-order valence-corrected chi connectivity index (χ2v) is 8.65. The largest absolute Gasteiger partial charge is 0.510 e. The van der Waals surface area contributed by atoms with Crippen molar-refractivity contribution in [3.8, 4) is 0 Å². The Labute approximate surface area is 153 Å². The van der Waals surface area contributed by atoms with Gasteiger partial charge >= 0.3 is 0 Å². The van der Waals surface area contributed by atoms with Crippen LogP contribution in [-0.4, -0.2) is 22.5 Å². The van der Waals surface area contributed by atoms with Gasteiger partial charge in [0.25, 0.3) is 0 Å². The van der Waals surface area contributed by atoms with Crippen molar-refractivity contribution >= 4 is 28.4 Å². The molecule has 0 atom stereocenters. The molecule has 1 aromatic heterocycles. The van der Waals surface area contributed by atoms with Gasteiger partial charge in [-0.1, -0.05) is 46.8 Å². The van der Waals surface area contributed by atoms with Gasteiger partial charge in [-0.2, -0.15) is 0 Å². The fourth-order valence-electron chi connectivity index (χ4n) is 2.80. The van der Waals surface area contributed by atoms with Crippen molar-refractivity contribution < 1.29 is 5.11 Å². The van der Waals surface area contributed by atoms with Gasteiger partial charge in [0.1, 0.15) is 16.6 Å². The minimum atomic E-state index is -0.0436. The van der Waals surface area contributed by atoms with Crippen molar-refractivity contribution in [2.24, 2.45) is 0 Å². The number of hydrogen-bond acceptors (Lipinski definition) is 4. The Morgan fingerprint density at radius 3 is 2.36 bits per heavy atom. The molecule has 3 rings (SSSR count). The summed E-state index contributed by atoms with van der Waals surface area (Å²) in [6.07, 6.45) is 0. The minimum absolute atomic E-state index is 0.0436. The number of thiazole rings is 1. The zero-order chi connectivity index (χ0) is 18.4. The first-order valence-electron chi connectivity index (χ1n) is 8.53. The smallest absolute Gasteiger partial charge is 0.139 e. The fraction of sp³-hybridized carbons (Fsp3) is 0.400. The van der Waals surface area contributed by atoms with E-state index in [1.165, 1.54) is 16.9 Å². The number of rotatable bonds is 3. The highest BCUT2D eigenvalue weighted by molar-refractivity contribution is 7.11. The molecule has 0 aliphatic carbocycles. The summed E-state index contributed by atoms with van der Waals surface area (Å²) < 4.78 is 0. The molecule has 0 saturated carbocycles. The molecule has 0 amide bonds. The molecule has 2 aromatic rings. The SMILES string of the molecule is CC(C)c1ccc(N2CC(O)=C(c3nc(C(C)(C)C)cs3)C2=N)cc1. The molecule has 1 aromatic carbocycles. The van der Waals surface area contributed by atoms with Crippen LogP contribution in [0.15, 0.2) is 35.4 Å². The van der Waals surface area contributed by atoms with Gasteiger partial charge in [0.05, 0.1) is 17.8 Å². The predicted molar refractivity (Wildman–Crippen MR) is 106 cm³/mol. The van der Waals surface area contributed by atoms with Gasteiger partial charge in [0, 0.05) is 16.5 Å². The lowest BCUT2D eigenvalue weighted by atomic mass is 9.93. The highest BCUT2D eigenvalue weighted by Gasteiger charge is 2.32. The van der Waals surface area contributed by atoms with E-state index in [2.05, 4.69) is 51.7 Å². The van der Waals surface area contributed by atoms with E-state index in [1.54, 1.807) is 0 Å². The molecule has 1 aliphatic heterocycles. The normalized spacial score (nSPS) is 15.6. The summed E-state index contributed by atoms with van der Waals surface area (Å²) in [5.74, 6) is 0.998. The molecule has 132 valence electrons. The van der Waals surface area contributed by atoms with Gasteiger partial charge in [-0.15, -0.1) is 11.3 Å². The van der Waals surface area contributed by atoms with Crippen molar-refractivity contribution in [1.29, 1.82) is 5.41 Å². The number of aliphatic hydroxyl groups excluding tert-OH is 1. The van der Waals surface area contributed by atoms with E-state index >= 15 is 0 Å². The maximum Gasteiger partial charge on any atom is 0.139 e. The second-order valence-electron chi connectivity index (χ2n) is 7.79. The van der Waals surface area contributed by atoms with Gasteiger partial charge in [-0.25, -0.2) is 4.98 Å². The first-order chi connectivity index (χ1) is 11.7. The van der Waals surface area contributed by atoms with Crippen molar-refractivity contribution in [1.82, 2.24) is 4.98 Å². The van der Waals surface area contributed by atoms with Crippen LogP contribution in [0.5, 0.6) is 0 Å². The van der Waals surface area contributed by atoms with E-state index in [0.717, 1.165) is 11.4 Å². The summed E-state index contributed by atoms with van der Waals surface area (Å²) in [5.41, 5.74) is 3.68. The molecule has 1 aliphatic rings. The quantitative estimate of drug-likeness (QED) is 0.782. The van der Waals surface area contributed by atoms with Crippen molar-refractivity contribution in [2.75, 3.05) is 11.4 Å². The Bertz CT molecular complexity index is 825. The number of amidine groups is 1. The van der Waals surface area contributed by atoms with E-state index in [0.29, 0.717) is 28.9 Å². The molecule has 0 unspecified atom stereocenters. The van der Waals surface area contributed by atoms with Crippen molar-refractivity contribution in [2.45, 2.75) is 46.0 Å². The van der Waals surface area contributed by atoms with Crippen LogP contribution in [0.4, 0.5) is 5.69 Å². The zero-order valence-corrected chi connectivity index (χ0v) is 16.2. The van der Waals surface area contributed by atoms with Crippen LogP contribution in [-0.2, 0) is 5.41 Å². The summed E-state index contributed by atoms with van der Waals surface area (Å²) in [6.45, 7) is 11.0. The molecule has 5 heteroatoms. The van der Waals surface area contributed by atoms with Crippen LogP contribution in [0.2, 0.25) is 0 Å². The van der Waals surface area contributed by atoms with Crippen LogP contribution >= 0.6 is 11.3 Å². The lowest BCUT2D eigenvalue weighted by Gasteiger charge is -2.19. The number of benzene rings is 1. The molecule has 0 fully saturated rings. The van der Waals surface area contributed by atoms with Crippen molar-refractivity contribution in [3.63, 3.8) is 0 Å². The third kappa shape index (κ3) is 3.33. The Balaban J connectivity index is 1.87. The van der Waals surface area contributed by atoms with Crippen LogP contribution in [0, 0.1) is 5.41 Å². The maximum absolute atomic E-state index is 10.5.